The van der Waals surface area contributed by atoms with Crippen molar-refractivity contribution in [2.75, 3.05) is 5.88 Å². The predicted octanol–water partition coefficient (Wildman–Crippen LogP) is 2.02. The van der Waals surface area contributed by atoms with Crippen LogP contribution in [0.1, 0.15) is 26.7 Å². The Labute approximate surface area is 62.0 Å². The smallest absolute Gasteiger partial charge is 0.0703 e. The van der Waals surface area contributed by atoms with Gasteiger partial charge in [-0.05, 0) is 5.92 Å². The number of halogens is 1. The van der Waals surface area contributed by atoms with Gasteiger partial charge in [0, 0.05) is 5.88 Å². The van der Waals surface area contributed by atoms with Crippen molar-refractivity contribution in [2.45, 2.75) is 32.8 Å². The van der Waals surface area contributed by atoms with Gasteiger partial charge in [0.2, 0.25) is 0 Å². The minimum atomic E-state index is -0.304. The molecule has 0 amide bonds. The molecular formula is C7H15ClO. The monoisotopic (exact) mass is 150 g/mol. The van der Waals surface area contributed by atoms with Gasteiger partial charge < -0.3 is 5.11 Å². The first-order valence-electron chi connectivity index (χ1n) is 3.50. The SMILES string of the molecule is CCC(CC)C(O)CCl. The second-order valence-corrected chi connectivity index (χ2v) is 2.61. The average molecular weight is 151 g/mol. The number of alkyl halides is 1. The second kappa shape index (κ2) is 5.07. The minimum Gasteiger partial charge on any atom is -0.392 e. The van der Waals surface area contributed by atoms with Crippen molar-refractivity contribution in [1.29, 1.82) is 0 Å². The maximum atomic E-state index is 9.19. The van der Waals surface area contributed by atoms with Crippen molar-refractivity contribution in [2.24, 2.45) is 5.92 Å². The molecule has 0 aliphatic carbocycles. The fourth-order valence-corrected chi connectivity index (χ4v) is 1.21. The molecular weight excluding hydrogens is 136 g/mol. The van der Waals surface area contributed by atoms with E-state index in [1.54, 1.807) is 0 Å². The number of rotatable bonds is 4. The maximum absolute atomic E-state index is 9.19. The summed E-state index contributed by atoms with van der Waals surface area (Å²) in [6, 6.07) is 0. The van der Waals surface area contributed by atoms with Gasteiger partial charge >= 0.3 is 0 Å². The van der Waals surface area contributed by atoms with E-state index in [1.807, 2.05) is 0 Å². The Morgan fingerprint density at radius 3 is 1.89 bits per heavy atom. The van der Waals surface area contributed by atoms with E-state index in [1.165, 1.54) is 0 Å². The van der Waals surface area contributed by atoms with E-state index < -0.39 is 0 Å². The normalized spacial score (nSPS) is 14.3. The minimum absolute atomic E-state index is 0.304. The van der Waals surface area contributed by atoms with Crippen LogP contribution in [0.25, 0.3) is 0 Å². The molecule has 1 N–H and O–H groups in total. The summed E-state index contributed by atoms with van der Waals surface area (Å²) in [6.07, 6.45) is 1.73. The highest BCUT2D eigenvalue weighted by atomic mass is 35.5. The molecule has 0 saturated heterocycles. The first kappa shape index (κ1) is 9.25. The Hall–Kier alpha value is 0.250. The number of hydrogen-bond acceptors (Lipinski definition) is 1. The van der Waals surface area contributed by atoms with E-state index in [2.05, 4.69) is 13.8 Å². The molecule has 0 bridgehead atoms. The molecule has 0 saturated carbocycles. The maximum Gasteiger partial charge on any atom is 0.0703 e. The van der Waals surface area contributed by atoms with E-state index in [9.17, 15) is 5.11 Å². The molecule has 0 aromatic heterocycles. The zero-order valence-corrected chi connectivity index (χ0v) is 6.86. The first-order valence-corrected chi connectivity index (χ1v) is 4.03. The zero-order valence-electron chi connectivity index (χ0n) is 6.10. The third-order valence-electron chi connectivity index (χ3n) is 1.75. The van der Waals surface area contributed by atoms with Gasteiger partial charge in [0.05, 0.1) is 6.10 Å². The largest absolute Gasteiger partial charge is 0.392 e. The summed E-state index contributed by atoms with van der Waals surface area (Å²) in [5, 5.41) is 9.19. The number of aliphatic hydroxyl groups is 1. The summed E-state index contributed by atoms with van der Waals surface area (Å²) in [5.74, 6) is 0.759. The Balaban J connectivity index is 3.50. The quantitative estimate of drug-likeness (QED) is 0.608. The Morgan fingerprint density at radius 2 is 1.78 bits per heavy atom. The molecule has 0 radical (unpaired) electrons. The van der Waals surface area contributed by atoms with Crippen LogP contribution < -0.4 is 0 Å². The van der Waals surface area contributed by atoms with Crippen molar-refractivity contribution >= 4 is 11.6 Å². The molecule has 2 heteroatoms. The summed E-state index contributed by atoms with van der Waals surface area (Å²) >= 11 is 5.45. The van der Waals surface area contributed by atoms with Gasteiger partial charge in [-0.3, -0.25) is 0 Å². The van der Waals surface area contributed by atoms with Crippen molar-refractivity contribution in [1.82, 2.24) is 0 Å². The molecule has 1 nitrogen and oxygen atoms in total. The van der Waals surface area contributed by atoms with Crippen LogP contribution in [0.4, 0.5) is 0 Å². The second-order valence-electron chi connectivity index (χ2n) is 2.30. The fraction of sp³-hybridized carbons (Fsp3) is 1.00. The van der Waals surface area contributed by atoms with Crippen LogP contribution in [0.15, 0.2) is 0 Å². The van der Waals surface area contributed by atoms with Crippen molar-refractivity contribution in [3.63, 3.8) is 0 Å². The highest BCUT2D eigenvalue weighted by Gasteiger charge is 2.12. The van der Waals surface area contributed by atoms with E-state index in [4.69, 9.17) is 11.6 Å². The molecule has 1 unspecified atom stereocenters. The van der Waals surface area contributed by atoms with Crippen LogP contribution in [0, 0.1) is 5.92 Å². The molecule has 0 fully saturated rings. The topological polar surface area (TPSA) is 20.2 Å². The number of aliphatic hydroxyl groups excluding tert-OH is 1. The molecule has 9 heavy (non-hydrogen) atoms. The lowest BCUT2D eigenvalue weighted by Gasteiger charge is -2.16. The molecule has 0 heterocycles. The molecule has 56 valence electrons. The van der Waals surface area contributed by atoms with Crippen LogP contribution >= 0.6 is 11.6 Å². The van der Waals surface area contributed by atoms with Crippen LogP contribution in [0.2, 0.25) is 0 Å². The van der Waals surface area contributed by atoms with Crippen LogP contribution in [-0.4, -0.2) is 17.1 Å². The van der Waals surface area contributed by atoms with Crippen molar-refractivity contribution in [3.05, 3.63) is 0 Å². The van der Waals surface area contributed by atoms with Gasteiger partial charge in [-0.25, -0.2) is 0 Å². The first-order chi connectivity index (χ1) is 4.26. The van der Waals surface area contributed by atoms with Crippen LogP contribution in [0.3, 0.4) is 0 Å². The number of hydrogen-bond donors (Lipinski definition) is 1. The fourth-order valence-electron chi connectivity index (χ4n) is 0.959. The third kappa shape index (κ3) is 3.07. The third-order valence-corrected chi connectivity index (χ3v) is 2.07. The molecule has 0 aromatic rings. The van der Waals surface area contributed by atoms with E-state index >= 15 is 0 Å². The van der Waals surface area contributed by atoms with E-state index in [-0.39, 0.29) is 6.10 Å². The Morgan fingerprint density at radius 1 is 1.33 bits per heavy atom. The summed E-state index contributed by atoms with van der Waals surface area (Å²) in [6.45, 7) is 4.15. The van der Waals surface area contributed by atoms with Gasteiger partial charge in [0.25, 0.3) is 0 Å². The molecule has 0 aliphatic rings. The summed E-state index contributed by atoms with van der Waals surface area (Å²) in [4.78, 5) is 0. The highest BCUT2D eigenvalue weighted by molar-refractivity contribution is 6.18. The summed E-state index contributed by atoms with van der Waals surface area (Å²) in [5.41, 5.74) is 0. The van der Waals surface area contributed by atoms with Gasteiger partial charge in [-0.15, -0.1) is 11.6 Å². The average Bonchev–Trinajstić information content (AvgIpc) is 1.90. The lowest BCUT2D eigenvalue weighted by molar-refractivity contribution is 0.123. The zero-order chi connectivity index (χ0) is 7.28. The van der Waals surface area contributed by atoms with Crippen molar-refractivity contribution in [3.8, 4) is 0 Å². The van der Waals surface area contributed by atoms with Crippen LogP contribution in [0.5, 0.6) is 0 Å². The standard InChI is InChI=1S/C7H15ClO/c1-3-6(4-2)7(9)5-8/h6-7,9H,3-5H2,1-2H3. The lowest BCUT2D eigenvalue weighted by Crippen LogP contribution is -2.20. The highest BCUT2D eigenvalue weighted by Crippen LogP contribution is 2.13. The van der Waals surface area contributed by atoms with Gasteiger partial charge in [-0.2, -0.15) is 0 Å². The lowest BCUT2D eigenvalue weighted by atomic mass is 9.98. The molecule has 0 rings (SSSR count). The van der Waals surface area contributed by atoms with E-state index in [0.29, 0.717) is 11.8 Å². The molecule has 1 atom stereocenters. The Kier molecular flexibility index (Phi) is 5.21. The predicted molar refractivity (Wildman–Crippen MR) is 40.8 cm³/mol. The summed E-state index contributed by atoms with van der Waals surface area (Å²) < 4.78 is 0. The van der Waals surface area contributed by atoms with Crippen LogP contribution in [-0.2, 0) is 0 Å². The molecule has 0 aliphatic heterocycles. The van der Waals surface area contributed by atoms with E-state index in [0.717, 1.165) is 12.8 Å². The van der Waals surface area contributed by atoms with Gasteiger partial charge in [-0.1, -0.05) is 26.7 Å². The molecule has 0 aromatic carbocycles. The van der Waals surface area contributed by atoms with Crippen molar-refractivity contribution < 1.29 is 5.11 Å². The van der Waals surface area contributed by atoms with Gasteiger partial charge in [0.1, 0.15) is 0 Å². The Bertz CT molecular complexity index is 61.9. The van der Waals surface area contributed by atoms with Gasteiger partial charge in [0.15, 0.2) is 0 Å². The molecule has 0 spiro atoms. The summed E-state index contributed by atoms with van der Waals surface area (Å²) in [7, 11) is 0.